The van der Waals surface area contributed by atoms with E-state index in [2.05, 4.69) is 37.4 Å². The Kier molecular flexibility index (Phi) is 5.55. The van der Waals surface area contributed by atoms with Gasteiger partial charge in [0.25, 0.3) is 0 Å². The van der Waals surface area contributed by atoms with Gasteiger partial charge in [0.1, 0.15) is 0 Å². The number of rotatable bonds is 5. The summed E-state index contributed by atoms with van der Waals surface area (Å²) in [6.07, 6.45) is 0. The summed E-state index contributed by atoms with van der Waals surface area (Å²) in [5.41, 5.74) is 9.27. The van der Waals surface area contributed by atoms with Crippen molar-refractivity contribution >= 4 is 5.91 Å². The average molecular weight is 262 g/mol. The van der Waals surface area contributed by atoms with Crippen molar-refractivity contribution in [3.8, 4) is 0 Å². The molecule has 3 nitrogen and oxygen atoms in total. The quantitative estimate of drug-likeness (QED) is 0.857. The maximum atomic E-state index is 12.2. The van der Waals surface area contributed by atoms with E-state index < -0.39 is 0 Å². The highest BCUT2D eigenvalue weighted by Crippen LogP contribution is 2.20. The zero-order valence-electron chi connectivity index (χ0n) is 12.7. The molecule has 1 aromatic rings. The third-order valence-corrected chi connectivity index (χ3v) is 3.66. The van der Waals surface area contributed by atoms with E-state index >= 15 is 0 Å². The second kappa shape index (κ2) is 6.71. The lowest BCUT2D eigenvalue weighted by Crippen LogP contribution is -2.39. The van der Waals surface area contributed by atoms with Crippen LogP contribution < -0.4 is 11.1 Å². The summed E-state index contributed by atoms with van der Waals surface area (Å²) in [6.45, 7) is 10.6. The van der Waals surface area contributed by atoms with Gasteiger partial charge in [0.15, 0.2) is 0 Å². The van der Waals surface area contributed by atoms with Crippen LogP contribution in [0.15, 0.2) is 18.2 Å². The van der Waals surface area contributed by atoms with Crippen LogP contribution in [0.3, 0.4) is 0 Å². The van der Waals surface area contributed by atoms with E-state index in [9.17, 15) is 4.79 Å². The molecule has 1 rings (SSSR count). The van der Waals surface area contributed by atoms with E-state index in [1.165, 1.54) is 16.7 Å². The van der Waals surface area contributed by atoms with Crippen molar-refractivity contribution in [2.75, 3.05) is 6.54 Å². The molecule has 0 radical (unpaired) electrons. The predicted octanol–water partition coefficient (Wildman–Crippen LogP) is 2.71. The van der Waals surface area contributed by atoms with Crippen molar-refractivity contribution in [2.24, 2.45) is 17.6 Å². The standard InChI is InChI=1S/C16H26N2O/c1-10(2)15(9-17)16(19)18-13(5)14-8-11(3)6-7-12(14)4/h6-8,10,13,15H,9,17H2,1-5H3,(H,18,19). The highest BCUT2D eigenvalue weighted by atomic mass is 16.2. The van der Waals surface area contributed by atoms with Crippen molar-refractivity contribution < 1.29 is 4.79 Å². The summed E-state index contributed by atoms with van der Waals surface area (Å²) in [5, 5.41) is 3.08. The lowest BCUT2D eigenvalue weighted by molar-refractivity contribution is -0.126. The third-order valence-electron chi connectivity index (χ3n) is 3.66. The van der Waals surface area contributed by atoms with Gasteiger partial charge in [-0.05, 0) is 37.8 Å². The number of carbonyl (C=O) groups excluding carboxylic acids is 1. The first-order valence-electron chi connectivity index (χ1n) is 6.94. The number of nitrogens with one attached hydrogen (secondary N) is 1. The highest BCUT2D eigenvalue weighted by molar-refractivity contribution is 5.79. The van der Waals surface area contributed by atoms with Gasteiger partial charge >= 0.3 is 0 Å². The smallest absolute Gasteiger partial charge is 0.225 e. The maximum absolute atomic E-state index is 12.2. The largest absolute Gasteiger partial charge is 0.349 e. The van der Waals surface area contributed by atoms with E-state index in [0.29, 0.717) is 6.54 Å². The molecule has 0 saturated carbocycles. The van der Waals surface area contributed by atoms with Crippen LogP contribution in [0.5, 0.6) is 0 Å². The second-order valence-electron chi connectivity index (χ2n) is 5.68. The van der Waals surface area contributed by atoms with Gasteiger partial charge in [-0.15, -0.1) is 0 Å². The minimum atomic E-state index is -0.118. The van der Waals surface area contributed by atoms with Crippen LogP contribution in [-0.4, -0.2) is 12.5 Å². The van der Waals surface area contributed by atoms with Gasteiger partial charge in [0.2, 0.25) is 5.91 Å². The van der Waals surface area contributed by atoms with Crippen molar-refractivity contribution in [1.82, 2.24) is 5.32 Å². The summed E-state index contributed by atoms with van der Waals surface area (Å²) in [5.74, 6) is 0.189. The third kappa shape index (κ3) is 4.06. The van der Waals surface area contributed by atoms with E-state index in [-0.39, 0.29) is 23.8 Å². The number of hydrogen-bond donors (Lipinski definition) is 2. The normalized spacial score (nSPS) is 14.3. The van der Waals surface area contributed by atoms with Gasteiger partial charge in [-0.1, -0.05) is 37.6 Å². The maximum Gasteiger partial charge on any atom is 0.225 e. The molecular formula is C16H26N2O. The lowest BCUT2D eigenvalue weighted by Gasteiger charge is -2.23. The first-order valence-corrected chi connectivity index (χ1v) is 6.94. The lowest BCUT2D eigenvalue weighted by atomic mass is 9.94. The fourth-order valence-electron chi connectivity index (χ4n) is 2.31. The molecule has 1 aromatic carbocycles. The van der Waals surface area contributed by atoms with E-state index in [1.807, 2.05) is 20.8 Å². The van der Waals surface area contributed by atoms with Gasteiger partial charge in [0, 0.05) is 6.54 Å². The van der Waals surface area contributed by atoms with Crippen LogP contribution in [0.1, 0.15) is 43.5 Å². The van der Waals surface area contributed by atoms with Crippen molar-refractivity contribution in [3.63, 3.8) is 0 Å². The molecule has 0 saturated heterocycles. The van der Waals surface area contributed by atoms with E-state index in [0.717, 1.165) is 0 Å². The Balaban J connectivity index is 2.81. The second-order valence-corrected chi connectivity index (χ2v) is 5.68. The summed E-state index contributed by atoms with van der Waals surface area (Å²) >= 11 is 0. The minimum Gasteiger partial charge on any atom is -0.349 e. The number of nitrogens with two attached hydrogens (primary N) is 1. The van der Waals surface area contributed by atoms with E-state index in [1.54, 1.807) is 0 Å². The van der Waals surface area contributed by atoms with Crippen LogP contribution in [0.4, 0.5) is 0 Å². The molecule has 0 aliphatic heterocycles. The van der Waals surface area contributed by atoms with Gasteiger partial charge in [0.05, 0.1) is 12.0 Å². The molecule has 0 aromatic heterocycles. The topological polar surface area (TPSA) is 55.1 Å². The molecular weight excluding hydrogens is 236 g/mol. The van der Waals surface area contributed by atoms with Gasteiger partial charge in [-0.2, -0.15) is 0 Å². The first kappa shape index (κ1) is 15.7. The predicted molar refractivity (Wildman–Crippen MR) is 79.9 cm³/mol. The van der Waals surface area contributed by atoms with Gasteiger partial charge < -0.3 is 11.1 Å². The molecule has 0 aliphatic carbocycles. The molecule has 2 unspecified atom stereocenters. The summed E-state index contributed by atoms with van der Waals surface area (Å²) < 4.78 is 0. The number of amides is 1. The SMILES string of the molecule is Cc1ccc(C)c(C(C)NC(=O)C(CN)C(C)C)c1. The Morgan fingerprint density at radius 3 is 2.42 bits per heavy atom. The fourth-order valence-corrected chi connectivity index (χ4v) is 2.31. The molecule has 0 bridgehead atoms. The Morgan fingerprint density at radius 2 is 1.89 bits per heavy atom. The molecule has 0 aliphatic rings. The van der Waals surface area contributed by atoms with Crippen molar-refractivity contribution in [1.29, 1.82) is 0 Å². The van der Waals surface area contributed by atoms with Crippen LogP contribution in [0.2, 0.25) is 0 Å². The molecule has 106 valence electrons. The van der Waals surface area contributed by atoms with Crippen molar-refractivity contribution in [3.05, 3.63) is 34.9 Å². The first-order chi connectivity index (χ1) is 8.86. The monoisotopic (exact) mass is 262 g/mol. The number of benzene rings is 1. The summed E-state index contributed by atoms with van der Waals surface area (Å²) in [6, 6.07) is 6.33. The number of aryl methyl sites for hydroxylation is 2. The molecule has 1 amide bonds. The van der Waals surface area contributed by atoms with Crippen LogP contribution >= 0.6 is 0 Å². The molecule has 0 fully saturated rings. The number of hydrogen-bond acceptors (Lipinski definition) is 2. The van der Waals surface area contributed by atoms with Crippen LogP contribution in [0.25, 0.3) is 0 Å². The summed E-state index contributed by atoms with van der Waals surface area (Å²) in [4.78, 5) is 12.2. The molecule has 19 heavy (non-hydrogen) atoms. The summed E-state index contributed by atoms with van der Waals surface area (Å²) in [7, 11) is 0. The minimum absolute atomic E-state index is 0.0141. The van der Waals surface area contributed by atoms with E-state index in [4.69, 9.17) is 5.73 Å². The zero-order valence-corrected chi connectivity index (χ0v) is 12.7. The molecule has 0 spiro atoms. The Hall–Kier alpha value is -1.35. The fraction of sp³-hybridized carbons (Fsp3) is 0.562. The highest BCUT2D eigenvalue weighted by Gasteiger charge is 2.22. The zero-order chi connectivity index (χ0) is 14.6. The van der Waals surface area contributed by atoms with Crippen LogP contribution in [0, 0.1) is 25.7 Å². The van der Waals surface area contributed by atoms with Crippen LogP contribution in [-0.2, 0) is 4.79 Å². The van der Waals surface area contributed by atoms with Gasteiger partial charge in [-0.3, -0.25) is 4.79 Å². The van der Waals surface area contributed by atoms with Crippen molar-refractivity contribution in [2.45, 2.75) is 40.7 Å². The molecule has 3 N–H and O–H groups in total. The molecule has 0 heterocycles. The Morgan fingerprint density at radius 1 is 1.26 bits per heavy atom. The molecule has 3 heteroatoms. The molecule has 2 atom stereocenters. The Bertz CT molecular complexity index is 440. The Labute approximate surface area is 116 Å². The number of carbonyl (C=O) groups is 1. The average Bonchev–Trinajstić information content (AvgIpc) is 2.32. The van der Waals surface area contributed by atoms with Gasteiger partial charge in [-0.25, -0.2) is 0 Å².